The molecule has 7 N–H and O–H groups in total. The number of halogens is 1. The zero-order valence-electron chi connectivity index (χ0n) is 15.1. The van der Waals surface area contributed by atoms with Crippen molar-refractivity contribution in [1.82, 2.24) is 0 Å². The van der Waals surface area contributed by atoms with Crippen LogP contribution in [-0.4, -0.2) is 17.7 Å². The minimum Gasteiger partial charge on any atom is -0.370 e. The molecule has 1 aliphatic carbocycles. The van der Waals surface area contributed by atoms with E-state index in [1.54, 1.807) is 30.3 Å². The fraction of sp³-hybridized carbons (Fsp3) is 0.150. The molecule has 8 heteroatoms. The Bertz CT molecular complexity index is 961. The molecule has 1 aliphatic rings. The number of hydrogen-bond acceptors (Lipinski definition) is 3. The first kappa shape index (κ1) is 19.1. The van der Waals surface area contributed by atoms with Crippen molar-refractivity contribution in [3.05, 3.63) is 71.7 Å². The van der Waals surface area contributed by atoms with Gasteiger partial charge in [-0.1, -0.05) is 24.3 Å². The second kappa shape index (κ2) is 8.34. The summed E-state index contributed by atoms with van der Waals surface area (Å²) in [5.74, 6) is -0.585. The molecule has 2 aromatic carbocycles. The Morgan fingerprint density at radius 1 is 1.04 bits per heavy atom. The maximum absolute atomic E-state index is 13.2. The highest BCUT2D eigenvalue weighted by Gasteiger charge is 2.22. The predicted molar refractivity (Wildman–Crippen MR) is 109 cm³/mol. The highest BCUT2D eigenvalue weighted by Crippen LogP contribution is 2.34. The van der Waals surface area contributed by atoms with Gasteiger partial charge in [-0.3, -0.25) is 4.79 Å². The minimum atomic E-state index is -0.301. The van der Waals surface area contributed by atoms with Crippen LogP contribution in [0.15, 0.2) is 70.3 Å². The second-order valence-electron chi connectivity index (χ2n) is 6.44. The van der Waals surface area contributed by atoms with Gasteiger partial charge in [-0.15, -0.1) is 0 Å². The predicted octanol–water partition coefficient (Wildman–Crippen LogP) is 2.49. The molecule has 0 aromatic heterocycles. The van der Waals surface area contributed by atoms with Crippen molar-refractivity contribution in [3.63, 3.8) is 0 Å². The van der Waals surface area contributed by atoms with E-state index in [1.807, 2.05) is 12.1 Å². The zero-order chi connectivity index (χ0) is 20.1. The summed E-state index contributed by atoms with van der Waals surface area (Å²) in [7, 11) is 0. The Labute approximate surface area is 161 Å². The number of ketones is 1. The van der Waals surface area contributed by atoms with E-state index in [1.165, 1.54) is 12.1 Å². The van der Waals surface area contributed by atoms with Crippen LogP contribution in [0.25, 0.3) is 0 Å². The monoisotopic (exact) mass is 380 g/mol. The lowest BCUT2D eigenvalue weighted by Gasteiger charge is -2.24. The van der Waals surface area contributed by atoms with E-state index in [9.17, 15) is 9.18 Å². The van der Waals surface area contributed by atoms with Gasteiger partial charge >= 0.3 is 0 Å². The normalized spacial score (nSPS) is 17.0. The summed E-state index contributed by atoms with van der Waals surface area (Å²) in [5.41, 5.74) is 19.2. The van der Waals surface area contributed by atoms with Crippen molar-refractivity contribution < 1.29 is 9.18 Å². The van der Waals surface area contributed by atoms with Crippen LogP contribution < -0.4 is 22.5 Å². The molecule has 28 heavy (non-hydrogen) atoms. The van der Waals surface area contributed by atoms with Crippen LogP contribution in [0.2, 0.25) is 0 Å². The van der Waals surface area contributed by atoms with Crippen LogP contribution in [0.5, 0.6) is 0 Å². The van der Waals surface area contributed by atoms with Crippen LogP contribution in [0.4, 0.5) is 15.8 Å². The Balaban J connectivity index is 1.82. The number of nitrogens with zero attached hydrogens (tertiary/aromatic N) is 2. The van der Waals surface area contributed by atoms with Gasteiger partial charge in [0.15, 0.2) is 11.7 Å². The average molecular weight is 380 g/mol. The molecule has 0 saturated heterocycles. The van der Waals surface area contributed by atoms with Crippen LogP contribution in [0.3, 0.4) is 0 Å². The van der Waals surface area contributed by atoms with Gasteiger partial charge in [0.05, 0.1) is 11.4 Å². The van der Waals surface area contributed by atoms with E-state index in [4.69, 9.17) is 17.2 Å². The number of carbonyl (C=O) groups is 1. The Morgan fingerprint density at radius 2 is 1.75 bits per heavy atom. The first-order valence-corrected chi connectivity index (χ1v) is 8.69. The van der Waals surface area contributed by atoms with Crippen molar-refractivity contribution in [2.75, 3.05) is 5.32 Å². The third kappa shape index (κ3) is 4.94. The van der Waals surface area contributed by atoms with Gasteiger partial charge in [0.25, 0.3) is 0 Å². The number of allylic oxidation sites excluding steroid dienone is 2. The number of nitrogens with one attached hydrogen (secondary N) is 1. The standard InChI is InChI=1S/C20H21FN6O/c21-14-7-5-12(6-8-14)13-9-15(11-16(28)10-13)25-17-3-1-2-4-18(17)26-20(24)27-19(22)23/h1-8,11,13,25H,9-10H2,(H6,22,23,24,26,27). The van der Waals surface area contributed by atoms with Crippen molar-refractivity contribution in [2.24, 2.45) is 27.2 Å². The SMILES string of the molecule is NC(N)=NC(N)=Nc1ccccc1NC1=CC(=O)CC(c2ccc(F)cc2)C1. The molecule has 0 bridgehead atoms. The summed E-state index contributed by atoms with van der Waals surface area (Å²) in [6.07, 6.45) is 2.58. The van der Waals surface area contributed by atoms with E-state index in [-0.39, 0.29) is 29.4 Å². The Morgan fingerprint density at radius 3 is 2.46 bits per heavy atom. The molecule has 3 rings (SSSR count). The molecule has 1 unspecified atom stereocenters. The molecule has 0 heterocycles. The van der Waals surface area contributed by atoms with Gasteiger partial charge in [-0.05, 0) is 42.2 Å². The zero-order valence-corrected chi connectivity index (χ0v) is 15.1. The van der Waals surface area contributed by atoms with Crippen molar-refractivity contribution in [2.45, 2.75) is 18.8 Å². The molecular weight excluding hydrogens is 359 g/mol. The number of nitrogens with two attached hydrogens (primary N) is 3. The number of hydrogen-bond donors (Lipinski definition) is 4. The van der Waals surface area contributed by atoms with Gasteiger partial charge in [0, 0.05) is 18.2 Å². The van der Waals surface area contributed by atoms with Gasteiger partial charge in [-0.2, -0.15) is 4.99 Å². The third-order valence-electron chi connectivity index (χ3n) is 4.27. The van der Waals surface area contributed by atoms with Crippen molar-refractivity contribution in [3.8, 4) is 0 Å². The minimum absolute atomic E-state index is 0.00377. The molecule has 7 nitrogen and oxygen atoms in total. The van der Waals surface area contributed by atoms with Gasteiger partial charge in [0.1, 0.15) is 5.82 Å². The topological polar surface area (TPSA) is 132 Å². The molecular formula is C20H21FN6O. The summed E-state index contributed by atoms with van der Waals surface area (Å²) < 4.78 is 13.2. The Kier molecular flexibility index (Phi) is 5.69. The van der Waals surface area contributed by atoms with Crippen LogP contribution >= 0.6 is 0 Å². The Hall–Kier alpha value is -3.68. The number of rotatable bonds is 4. The van der Waals surface area contributed by atoms with Crippen LogP contribution in [0, 0.1) is 5.82 Å². The smallest absolute Gasteiger partial charge is 0.223 e. The van der Waals surface area contributed by atoms with E-state index in [0.29, 0.717) is 24.2 Å². The lowest BCUT2D eigenvalue weighted by molar-refractivity contribution is -0.115. The highest BCUT2D eigenvalue weighted by molar-refractivity contribution is 5.95. The summed E-state index contributed by atoms with van der Waals surface area (Å²) >= 11 is 0. The number of carbonyl (C=O) groups excluding carboxylic acids is 1. The molecule has 0 amide bonds. The molecule has 0 spiro atoms. The van der Waals surface area contributed by atoms with E-state index in [2.05, 4.69) is 15.3 Å². The molecule has 0 saturated carbocycles. The largest absolute Gasteiger partial charge is 0.370 e. The first-order valence-electron chi connectivity index (χ1n) is 8.69. The lowest BCUT2D eigenvalue weighted by atomic mass is 9.85. The maximum Gasteiger partial charge on any atom is 0.223 e. The first-order chi connectivity index (χ1) is 13.4. The third-order valence-corrected chi connectivity index (χ3v) is 4.27. The average Bonchev–Trinajstić information content (AvgIpc) is 2.63. The molecule has 144 valence electrons. The quantitative estimate of drug-likeness (QED) is 0.478. The second-order valence-corrected chi connectivity index (χ2v) is 6.44. The van der Waals surface area contributed by atoms with Gasteiger partial charge in [0.2, 0.25) is 5.96 Å². The van der Waals surface area contributed by atoms with Crippen molar-refractivity contribution in [1.29, 1.82) is 0 Å². The number of para-hydroxylation sites is 2. The molecule has 0 radical (unpaired) electrons. The number of aliphatic imine (C=N–C) groups is 2. The highest BCUT2D eigenvalue weighted by atomic mass is 19.1. The van der Waals surface area contributed by atoms with Gasteiger partial charge in [-0.25, -0.2) is 9.38 Å². The maximum atomic E-state index is 13.2. The summed E-state index contributed by atoms with van der Waals surface area (Å²) in [5, 5.41) is 3.24. The molecule has 0 aliphatic heterocycles. The summed E-state index contributed by atoms with van der Waals surface area (Å²) in [6, 6.07) is 13.4. The van der Waals surface area contributed by atoms with E-state index in [0.717, 1.165) is 11.3 Å². The number of guanidine groups is 2. The van der Waals surface area contributed by atoms with E-state index >= 15 is 0 Å². The molecule has 2 aromatic rings. The summed E-state index contributed by atoms with van der Waals surface area (Å²) in [4.78, 5) is 20.1. The van der Waals surface area contributed by atoms with Crippen LogP contribution in [0.1, 0.15) is 24.3 Å². The molecule has 1 atom stereocenters. The van der Waals surface area contributed by atoms with E-state index < -0.39 is 0 Å². The number of anilines is 1. The van der Waals surface area contributed by atoms with Crippen molar-refractivity contribution >= 4 is 29.1 Å². The van der Waals surface area contributed by atoms with Gasteiger partial charge < -0.3 is 22.5 Å². The fourth-order valence-corrected chi connectivity index (χ4v) is 3.08. The summed E-state index contributed by atoms with van der Waals surface area (Å²) in [6.45, 7) is 0. The van der Waals surface area contributed by atoms with Crippen LogP contribution in [-0.2, 0) is 4.79 Å². The lowest BCUT2D eigenvalue weighted by Crippen LogP contribution is -2.26. The fourth-order valence-electron chi connectivity index (χ4n) is 3.08. The number of benzene rings is 2. The molecule has 0 fully saturated rings.